The Kier molecular flexibility index (Phi) is 7.21. The van der Waals surface area contributed by atoms with E-state index in [1.54, 1.807) is 29.6 Å². The van der Waals surface area contributed by atoms with E-state index in [9.17, 15) is 9.59 Å². The molecule has 0 radical (unpaired) electrons. The van der Waals surface area contributed by atoms with Crippen molar-refractivity contribution in [1.82, 2.24) is 4.98 Å². The van der Waals surface area contributed by atoms with Crippen LogP contribution in [0.25, 0.3) is 0 Å². The Balaban J connectivity index is 1.53. The van der Waals surface area contributed by atoms with Gasteiger partial charge in [-0.3, -0.25) is 10.1 Å². The standard InChI is InChI=1S/C21H21ClN4O2S/c1-2-3-4-14-5-9-16(10-6-14)23-19(27)18-13-29-21(25-18)26-20(28)24-17-11-7-15(22)8-12-17/h5-13H,2-4H2,1H3,(H,23,27)(H2,24,25,26,28). The highest BCUT2D eigenvalue weighted by molar-refractivity contribution is 7.14. The van der Waals surface area contributed by atoms with Gasteiger partial charge in [0.1, 0.15) is 5.69 Å². The summed E-state index contributed by atoms with van der Waals surface area (Å²) in [5.74, 6) is -0.325. The molecule has 1 aromatic heterocycles. The Morgan fingerprint density at radius 1 is 0.966 bits per heavy atom. The van der Waals surface area contributed by atoms with Gasteiger partial charge in [0.15, 0.2) is 5.13 Å². The zero-order valence-electron chi connectivity index (χ0n) is 15.9. The van der Waals surface area contributed by atoms with Crippen molar-refractivity contribution in [3.05, 3.63) is 70.2 Å². The smallest absolute Gasteiger partial charge is 0.321 e. The van der Waals surface area contributed by atoms with E-state index in [0.29, 0.717) is 21.5 Å². The number of benzene rings is 2. The number of amides is 3. The maximum Gasteiger partial charge on any atom is 0.325 e. The second-order valence-corrected chi connectivity index (χ2v) is 7.67. The maximum absolute atomic E-state index is 12.4. The van der Waals surface area contributed by atoms with E-state index in [0.717, 1.165) is 19.3 Å². The summed E-state index contributed by atoms with van der Waals surface area (Å²) in [6, 6.07) is 14.1. The van der Waals surface area contributed by atoms with Crippen LogP contribution in [0.15, 0.2) is 53.9 Å². The normalized spacial score (nSPS) is 10.4. The topological polar surface area (TPSA) is 83.1 Å². The minimum absolute atomic E-state index is 0.242. The van der Waals surface area contributed by atoms with Crippen LogP contribution >= 0.6 is 22.9 Å². The average Bonchev–Trinajstić information content (AvgIpc) is 3.18. The molecule has 0 saturated carbocycles. The van der Waals surface area contributed by atoms with Gasteiger partial charge in [-0.05, 0) is 54.8 Å². The molecule has 2 aromatic carbocycles. The Labute approximate surface area is 178 Å². The predicted octanol–water partition coefficient (Wildman–Crippen LogP) is 6.04. The SMILES string of the molecule is CCCCc1ccc(NC(=O)c2csc(NC(=O)Nc3ccc(Cl)cc3)n2)cc1. The number of urea groups is 1. The van der Waals surface area contributed by atoms with Gasteiger partial charge in [0, 0.05) is 21.8 Å². The van der Waals surface area contributed by atoms with Gasteiger partial charge in [0.05, 0.1) is 0 Å². The number of nitrogens with zero attached hydrogens (tertiary/aromatic N) is 1. The molecule has 0 bridgehead atoms. The third-order valence-corrected chi connectivity index (χ3v) is 5.10. The van der Waals surface area contributed by atoms with Gasteiger partial charge in [0.2, 0.25) is 0 Å². The number of unbranched alkanes of at least 4 members (excludes halogenated alkanes) is 1. The lowest BCUT2D eigenvalue weighted by atomic mass is 10.1. The summed E-state index contributed by atoms with van der Waals surface area (Å²) in [5.41, 5.74) is 2.80. The first-order chi connectivity index (χ1) is 14.0. The van der Waals surface area contributed by atoms with Crippen LogP contribution in [-0.2, 0) is 6.42 Å². The van der Waals surface area contributed by atoms with Crippen LogP contribution < -0.4 is 16.0 Å². The number of carbonyl (C=O) groups is 2. The zero-order valence-corrected chi connectivity index (χ0v) is 17.4. The fourth-order valence-electron chi connectivity index (χ4n) is 2.56. The molecule has 3 aromatic rings. The fourth-order valence-corrected chi connectivity index (χ4v) is 3.37. The molecule has 0 aliphatic heterocycles. The molecule has 8 heteroatoms. The lowest BCUT2D eigenvalue weighted by Gasteiger charge is -2.06. The molecular weight excluding hydrogens is 408 g/mol. The van der Waals surface area contributed by atoms with Crippen molar-refractivity contribution in [2.24, 2.45) is 0 Å². The monoisotopic (exact) mass is 428 g/mol. The lowest BCUT2D eigenvalue weighted by molar-refractivity contribution is 0.102. The summed E-state index contributed by atoms with van der Waals surface area (Å²) in [4.78, 5) is 28.6. The molecule has 3 amide bonds. The Morgan fingerprint density at radius 2 is 1.62 bits per heavy atom. The maximum atomic E-state index is 12.4. The van der Waals surface area contributed by atoms with Crippen LogP contribution in [0, 0.1) is 0 Å². The molecule has 0 spiro atoms. The van der Waals surface area contributed by atoms with Gasteiger partial charge >= 0.3 is 6.03 Å². The summed E-state index contributed by atoms with van der Waals surface area (Å²) in [7, 11) is 0. The van der Waals surface area contributed by atoms with Crippen molar-refractivity contribution in [2.45, 2.75) is 26.2 Å². The van der Waals surface area contributed by atoms with Gasteiger partial charge < -0.3 is 10.6 Å². The molecular formula is C21H21ClN4O2S. The van der Waals surface area contributed by atoms with Gasteiger partial charge in [-0.1, -0.05) is 37.1 Å². The molecule has 3 N–H and O–H groups in total. The Bertz CT molecular complexity index is 971. The van der Waals surface area contributed by atoms with Crippen LogP contribution in [0.4, 0.5) is 21.3 Å². The molecule has 150 valence electrons. The summed E-state index contributed by atoms with van der Waals surface area (Å²) < 4.78 is 0. The van der Waals surface area contributed by atoms with E-state index >= 15 is 0 Å². The number of aromatic nitrogens is 1. The number of nitrogens with one attached hydrogen (secondary N) is 3. The van der Waals surface area contributed by atoms with Crippen molar-refractivity contribution in [1.29, 1.82) is 0 Å². The van der Waals surface area contributed by atoms with E-state index < -0.39 is 6.03 Å². The summed E-state index contributed by atoms with van der Waals surface area (Å²) in [6.07, 6.45) is 3.33. The van der Waals surface area contributed by atoms with Crippen molar-refractivity contribution in [3.63, 3.8) is 0 Å². The zero-order chi connectivity index (χ0) is 20.6. The van der Waals surface area contributed by atoms with Crippen LogP contribution in [0.1, 0.15) is 35.8 Å². The number of thiazole rings is 1. The van der Waals surface area contributed by atoms with Gasteiger partial charge in [0.25, 0.3) is 5.91 Å². The molecule has 0 unspecified atom stereocenters. The first-order valence-corrected chi connectivity index (χ1v) is 10.5. The summed E-state index contributed by atoms with van der Waals surface area (Å²) >= 11 is 7.00. The minimum Gasteiger partial charge on any atom is -0.321 e. The number of hydrogen-bond donors (Lipinski definition) is 3. The van der Waals surface area contributed by atoms with Crippen molar-refractivity contribution in [3.8, 4) is 0 Å². The predicted molar refractivity (Wildman–Crippen MR) is 119 cm³/mol. The highest BCUT2D eigenvalue weighted by Crippen LogP contribution is 2.19. The quantitative estimate of drug-likeness (QED) is 0.429. The first kappa shape index (κ1) is 20.8. The summed E-state index contributed by atoms with van der Waals surface area (Å²) in [5, 5.41) is 10.6. The van der Waals surface area contributed by atoms with Gasteiger partial charge in [-0.25, -0.2) is 9.78 Å². The first-order valence-electron chi connectivity index (χ1n) is 9.23. The molecule has 0 fully saturated rings. The number of rotatable bonds is 7. The molecule has 3 rings (SSSR count). The highest BCUT2D eigenvalue weighted by Gasteiger charge is 2.13. The number of carbonyl (C=O) groups excluding carboxylic acids is 2. The molecule has 29 heavy (non-hydrogen) atoms. The van der Waals surface area contributed by atoms with Crippen molar-refractivity contribution in [2.75, 3.05) is 16.0 Å². The van der Waals surface area contributed by atoms with Crippen molar-refractivity contribution >= 4 is 51.4 Å². The molecule has 6 nitrogen and oxygen atoms in total. The molecule has 0 aliphatic carbocycles. The lowest BCUT2D eigenvalue weighted by Crippen LogP contribution is -2.19. The van der Waals surface area contributed by atoms with Gasteiger partial charge in [-0.15, -0.1) is 11.3 Å². The number of halogens is 1. The van der Waals surface area contributed by atoms with Crippen LogP contribution in [-0.4, -0.2) is 16.9 Å². The Hall–Kier alpha value is -2.90. The van der Waals surface area contributed by atoms with E-state index in [4.69, 9.17) is 11.6 Å². The number of anilines is 3. The van der Waals surface area contributed by atoms with Crippen LogP contribution in [0.2, 0.25) is 5.02 Å². The Morgan fingerprint density at radius 3 is 2.31 bits per heavy atom. The van der Waals surface area contributed by atoms with E-state index in [1.807, 2.05) is 24.3 Å². The number of hydrogen-bond acceptors (Lipinski definition) is 4. The third-order valence-electron chi connectivity index (χ3n) is 4.09. The molecule has 1 heterocycles. The second kappa shape index (κ2) is 10.0. The van der Waals surface area contributed by atoms with Gasteiger partial charge in [-0.2, -0.15) is 0 Å². The third kappa shape index (κ3) is 6.30. The minimum atomic E-state index is -0.448. The van der Waals surface area contributed by atoms with E-state index in [1.165, 1.54) is 16.9 Å². The largest absolute Gasteiger partial charge is 0.325 e. The van der Waals surface area contributed by atoms with E-state index in [-0.39, 0.29) is 11.6 Å². The summed E-state index contributed by atoms with van der Waals surface area (Å²) in [6.45, 7) is 2.16. The van der Waals surface area contributed by atoms with Crippen molar-refractivity contribution < 1.29 is 9.59 Å². The molecule has 0 aliphatic rings. The van der Waals surface area contributed by atoms with Crippen LogP contribution in [0.3, 0.4) is 0 Å². The highest BCUT2D eigenvalue weighted by atomic mass is 35.5. The number of aryl methyl sites for hydroxylation is 1. The second-order valence-electron chi connectivity index (χ2n) is 6.38. The van der Waals surface area contributed by atoms with E-state index in [2.05, 4.69) is 27.9 Å². The fraction of sp³-hybridized carbons (Fsp3) is 0.190. The molecule has 0 atom stereocenters. The average molecular weight is 429 g/mol. The van der Waals surface area contributed by atoms with Crippen LogP contribution in [0.5, 0.6) is 0 Å². The molecule has 0 saturated heterocycles.